The normalized spacial score (nSPS) is 11.1. The minimum absolute atomic E-state index is 0.662. The summed E-state index contributed by atoms with van der Waals surface area (Å²) in [6, 6.07) is 1.91. The number of nitrogens with zero attached hydrogens (tertiary/aromatic N) is 4. The van der Waals surface area contributed by atoms with E-state index in [0.29, 0.717) is 13.2 Å². The van der Waals surface area contributed by atoms with E-state index in [-0.39, 0.29) is 0 Å². The molecular formula is C10H15N5O. The smallest absolute Gasteiger partial charge is 0.163 e. The zero-order chi connectivity index (χ0) is 11.4. The van der Waals surface area contributed by atoms with Gasteiger partial charge in [0.15, 0.2) is 11.5 Å². The van der Waals surface area contributed by atoms with Gasteiger partial charge >= 0.3 is 0 Å². The summed E-state index contributed by atoms with van der Waals surface area (Å²) in [6.45, 7) is 4.08. The molecule has 0 atom stereocenters. The second-order valence-corrected chi connectivity index (χ2v) is 3.54. The molecule has 0 aliphatic carbocycles. The van der Waals surface area contributed by atoms with E-state index in [4.69, 9.17) is 4.74 Å². The summed E-state index contributed by atoms with van der Waals surface area (Å²) in [5.74, 6) is 0.860. The van der Waals surface area contributed by atoms with E-state index in [9.17, 15) is 0 Å². The number of aromatic nitrogens is 4. The number of hydrogen-bond donors (Lipinski definition) is 1. The van der Waals surface area contributed by atoms with Gasteiger partial charge in [-0.1, -0.05) is 0 Å². The summed E-state index contributed by atoms with van der Waals surface area (Å²) in [5.41, 5.74) is 1.77. The van der Waals surface area contributed by atoms with Gasteiger partial charge in [0.1, 0.15) is 6.33 Å². The van der Waals surface area contributed by atoms with E-state index in [1.807, 2.05) is 17.4 Å². The Morgan fingerprint density at radius 1 is 1.44 bits per heavy atom. The first-order chi connectivity index (χ1) is 7.81. The number of hydrogen-bond acceptors (Lipinski definition) is 5. The minimum atomic E-state index is 0.662. The van der Waals surface area contributed by atoms with Crippen molar-refractivity contribution in [2.75, 3.05) is 20.3 Å². The maximum atomic E-state index is 4.95. The third-order valence-electron chi connectivity index (χ3n) is 2.27. The average Bonchev–Trinajstić information content (AvgIpc) is 2.67. The molecule has 0 saturated carbocycles. The van der Waals surface area contributed by atoms with E-state index in [0.717, 1.165) is 23.7 Å². The Hall–Kier alpha value is -1.53. The number of fused-ring (bicyclic) bond motifs is 1. The van der Waals surface area contributed by atoms with Crippen molar-refractivity contribution in [3.05, 3.63) is 23.9 Å². The van der Waals surface area contributed by atoms with Crippen molar-refractivity contribution in [3.63, 3.8) is 0 Å². The Balaban J connectivity index is 2.07. The topological polar surface area (TPSA) is 64.3 Å². The lowest BCUT2D eigenvalue weighted by atomic mass is 10.4. The van der Waals surface area contributed by atoms with E-state index in [2.05, 4.69) is 20.5 Å². The van der Waals surface area contributed by atoms with Crippen LogP contribution in [0.2, 0.25) is 0 Å². The second kappa shape index (κ2) is 5.00. The summed E-state index contributed by atoms with van der Waals surface area (Å²) < 4.78 is 6.83. The maximum Gasteiger partial charge on any atom is 0.163 e. The highest BCUT2D eigenvalue weighted by Gasteiger charge is 2.04. The maximum absolute atomic E-state index is 4.95. The fraction of sp³-hybridized carbons (Fsp3) is 0.500. The number of methoxy groups -OCH3 is 1. The van der Waals surface area contributed by atoms with E-state index < -0.39 is 0 Å². The first kappa shape index (κ1) is 11.0. The molecule has 0 aromatic carbocycles. The molecule has 6 nitrogen and oxygen atoms in total. The zero-order valence-corrected chi connectivity index (χ0v) is 9.47. The number of ether oxygens (including phenoxy) is 1. The molecule has 2 aromatic rings. The van der Waals surface area contributed by atoms with Crippen LogP contribution in [-0.4, -0.2) is 39.8 Å². The van der Waals surface area contributed by atoms with E-state index >= 15 is 0 Å². The highest BCUT2D eigenvalue weighted by atomic mass is 16.5. The second-order valence-electron chi connectivity index (χ2n) is 3.54. The lowest BCUT2D eigenvalue weighted by Gasteiger charge is -2.02. The molecule has 1 N–H and O–H groups in total. The molecule has 2 aromatic heterocycles. The van der Waals surface area contributed by atoms with Gasteiger partial charge in [-0.3, -0.25) is 4.40 Å². The van der Waals surface area contributed by atoms with Crippen LogP contribution in [-0.2, 0) is 11.3 Å². The molecule has 0 radical (unpaired) electrons. The summed E-state index contributed by atoms with van der Waals surface area (Å²) in [7, 11) is 1.68. The van der Waals surface area contributed by atoms with Gasteiger partial charge < -0.3 is 10.1 Å². The first-order valence-corrected chi connectivity index (χ1v) is 5.17. The predicted molar refractivity (Wildman–Crippen MR) is 59.1 cm³/mol. The molecule has 0 fully saturated rings. The van der Waals surface area contributed by atoms with Gasteiger partial charge in [-0.2, -0.15) is 0 Å². The van der Waals surface area contributed by atoms with Gasteiger partial charge in [-0.25, -0.2) is 4.98 Å². The van der Waals surface area contributed by atoms with Gasteiger partial charge in [0.05, 0.1) is 13.2 Å². The van der Waals surface area contributed by atoms with E-state index in [1.54, 1.807) is 13.4 Å². The minimum Gasteiger partial charge on any atom is -0.383 e. The third kappa shape index (κ3) is 2.34. The van der Waals surface area contributed by atoms with Crippen LogP contribution in [0.4, 0.5) is 0 Å². The summed E-state index contributed by atoms with van der Waals surface area (Å²) in [6.07, 6.45) is 1.75. The molecule has 0 aliphatic heterocycles. The molecule has 2 heterocycles. The largest absolute Gasteiger partial charge is 0.383 e. The lowest BCUT2D eigenvalue weighted by Crippen LogP contribution is -2.20. The van der Waals surface area contributed by atoms with E-state index in [1.165, 1.54) is 0 Å². The Morgan fingerprint density at radius 2 is 2.31 bits per heavy atom. The van der Waals surface area contributed by atoms with Crippen molar-refractivity contribution >= 4 is 5.65 Å². The van der Waals surface area contributed by atoms with Crippen LogP contribution in [0.5, 0.6) is 0 Å². The fourth-order valence-corrected chi connectivity index (χ4v) is 1.43. The SMILES string of the molecule is COCCNCc1nnc2cc(C)ncn12. The van der Waals surface area contributed by atoms with Crippen molar-refractivity contribution in [1.29, 1.82) is 0 Å². The molecule has 0 aliphatic rings. The monoisotopic (exact) mass is 221 g/mol. The van der Waals surface area contributed by atoms with Crippen LogP contribution in [0, 0.1) is 6.92 Å². The first-order valence-electron chi connectivity index (χ1n) is 5.17. The van der Waals surface area contributed by atoms with Crippen molar-refractivity contribution in [1.82, 2.24) is 24.9 Å². The van der Waals surface area contributed by atoms with Gasteiger partial charge in [0, 0.05) is 25.4 Å². The fourth-order valence-electron chi connectivity index (χ4n) is 1.43. The molecule has 0 spiro atoms. The van der Waals surface area contributed by atoms with Crippen molar-refractivity contribution in [2.45, 2.75) is 13.5 Å². The van der Waals surface area contributed by atoms with Gasteiger partial charge in [0.25, 0.3) is 0 Å². The Kier molecular flexibility index (Phi) is 3.43. The predicted octanol–water partition coefficient (Wildman–Crippen LogP) is 0.169. The highest BCUT2D eigenvalue weighted by molar-refractivity contribution is 5.37. The average molecular weight is 221 g/mol. The molecule has 0 unspecified atom stereocenters. The third-order valence-corrected chi connectivity index (χ3v) is 2.27. The van der Waals surface area contributed by atoms with Crippen LogP contribution in [0.25, 0.3) is 5.65 Å². The quantitative estimate of drug-likeness (QED) is 0.729. The Morgan fingerprint density at radius 3 is 3.12 bits per heavy atom. The molecule has 2 rings (SSSR count). The summed E-state index contributed by atoms with van der Waals surface area (Å²) in [5, 5.41) is 11.4. The van der Waals surface area contributed by atoms with Crippen LogP contribution in [0.15, 0.2) is 12.4 Å². The zero-order valence-electron chi connectivity index (χ0n) is 9.47. The van der Waals surface area contributed by atoms with Crippen LogP contribution < -0.4 is 5.32 Å². The molecule has 0 amide bonds. The highest BCUT2D eigenvalue weighted by Crippen LogP contribution is 2.03. The van der Waals surface area contributed by atoms with Gasteiger partial charge in [-0.05, 0) is 6.92 Å². The van der Waals surface area contributed by atoms with Gasteiger partial charge in [0.2, 0.25) is 0 Å². The number of nitrogens with one attached hydrogen (secondary N) is 1. The van der Waals surface area contributed by atoms with Crippen LogP contribution in [0.3, 0.4) is 0 Å². The molecule has 86 valence electrons. The molecule has 0 bridgehead atoms. The standard InChI is InChI=1S/C10H15N5O/c1-8-5-9-13-14-10(15(9)7-12-8)6-11-3-4-16-2/h5,7,11H,3-4,6H2,1-2H3. The number of aryl methyl sites for hydroxylation is 1. The molecular weight excluding hydrogens is 206 g/mol. The van der Waals surface area contributed by atoms with Crippen LogP contribution >= 0.6 is 0 Å². The number of rotatable bonds is 5. The summed E-state index contributed by atoms with van der Waals surface area (Å²) in [4.78, 5) is 4.22. The van der Waals surface area contributed by atoms with Crippen molar-refractivity contribution < 1.29 is 4.74 Å². The van der Waals surface area contributed by atoms with Crippen LogP contribution in [0.1, 0.15) is 11.5 Å². The van der Waals surface area contributed by atoms with Crippen molar-refractivity contribution in [2.24, 2.45) is 0 Å². The lowest BCUT2D eigenvalue weighted by molar-refractivity contribution is 0.199. The van der Waals surface area contributed by atoms with Gasteiger partial charge in [-0.15, -0.1) is 10.2 Å². The van der Waals surface area contributed by atoms with Crippen molar-refractivity contribution in [3.8, 4) is 0 Å². The molecule has 16 heavy (non-hydrogen) atoms. The molecule has 6 heteroatoms. The molecule has 0 saturated heterocycles. The Bertz CT molecular complexity index is 467. The Labute approximate surface area is 93.7 Å². The summed E-state index contributed by atoms with van der Waals surface area (Å²) >= 11 is 0.